The molecule has 0 N–H and O–H groups in total. The van der Waals surface area contributed by atoms with Crippen molar-refractivity contribution in [3.05, 3.63) is 0 Å². The van der Waals surface area contributed by atoms with Crippen LogP contribution in [-0.4, -0.2) is 62.1 Å². The molecule has 0 saturated carbocycles. The van der Waals surface area contributed by atoms with Crippen molar-refractivity contribution in [3.8, 4) is 0 Å². The Labute approximate surface area is 92.2 Å². The van der Waals surface area contributed by atoms with Gasteiger partial charge in [0.15, 0.2) is 0 Å². The molecule has 88 valence electrons. The Kier molecular flexibility index (Phi) is 5.05. The molecule has 0 bridgehead atoms. The van der Waals surface area contributed by atoms with Crippen molar-refractivity contribution in [1.82, 2.24) is 9.80 Å². The van der Waals surface area contributed by atoms with Gasteiger partial charge in [0.05, 0.1) is 12.7 Å². The summed E-state index contributed by atoms with van der Waals surface area (Å²) in [4.78, 5) is 15.4. The van der Waals surface area contributed by atoms with Gasteiger partial charge < -0.3 is 14.5 Å². The summed E-state index contributed by atoms with van der Waals surface area (Å²) in [6.45, 7) is 5.24. The van der Waals surface area contributed by atoms with Crippen LogP contribution in [0.3, 0.4) is 0 Å². The minimum Gasteiger partial charge on any atom is -0.375 e. The van der Waals surface area contributed by atoms with Gasteiger partial charge in [-0.3, -0.25) is 4.79 Å². The van der Waals surface area contributed by atoms with E-state index in [2.05, 4.69) is 4.90 Å². The van der Waals surface area contributed by atoms with Gasteiger partial charge >= 0.3 is 0 Å². The summed E-state index contributed by atoms with van der Waals surface area (Å²) < 4.78 is 5.70. The highest BCUT2D eigenvalue weighted by molar-refractivity contribution is 5.76. The number of nitrogens with zero attached hydrogens (tertiary/aromatic N) is 2. The van der Waals surface area contributed by atoms with E-state index < -0.39 is 0 Å². The molecule has 1 unspecified atom stereocenters. The van der Waals surface area contributed by atoms with E-state index in [0.717, 1.165) is 32.7 Å². The van der Waals surface area contributed by atoms with Crippen LogP contribution in [0.4, 0.5) is 0 Å². The lowest BCUT2D eigenvalue weighted by Gasteiger charge is -2.16. The Hall–Kier alpha value is -0.610. The zero-order chi connectivity index (χ0) is 11.3. The van der Waals surface area contributed by atoms with Crippen LogP contribution in [0.1, 0.15) is 19.8 Å². The average Bonchev–Trinajstić information content (AvgIpc) is 2.65. The average molecular weight is 214 g/mol. The Morgan fingerprint density at radius 3 is 2.87 bits per heavy atom. The van der Waals surface area contributed by atoms with Crippen molar-refractivity contribution < 1.29 is 9.53 Å². The van der Waals surface area contributed by atoms with Crippen LogP contribution in [0.25, 0.3) is 0 Å². The first-order chi connectivity index (χ1) is 7.13. The summed E-state index contributed by atoms with van der Waals surface area (Å²) in [5, 5.41) is 0. The molecule has 0 aromatic heterocycles. The topological polar surface area (TPSA) is 32.8 Å². The van der Waals surface area contributed by atoms with Gasteiger partial charge in [0.1, 0.15) is 0 Å². The van der Waals surface area contributed by atoms with Crippen molar-refractivity contribution in [2.24, 2.45) is 0 Å². The van der Waals surface area contributed by atoms with E-state index in [1.807, 2.05) is 25.9 Å². The molecule has 1 aliphatic rings. The van der Waals surface area contributed by atoms with Crippen LogP contribution in [0.5, 0.6) is 0 Å². The molecular weight excluding hydrogens is 192 g/mol. The second-order valence-electron chi connectivity index (χ2n) is 4.28. The fourth-order valence-electron chi connectivity index (χ4n) is 1.72. The molecule has 0 aromatic carbocycles. The summed E-state index contributed by atoms with van der Waals surface area (Å²) in [5.74, 6) is 0.244. The van der Waals surface area contributed by atoms with Crippen molar-refractivity contribution in [1.29, 1.82) is 0 Å². The number of carbonyl (C=O) groups excluding carboxylic acids is 1. The molecule has 0 aromatic rings. The molecule has 1 fully saturated rings. The lowest BCUT2D eigenvalue weighted by Crippen LogP contribution is -2.30. The van der Waals surface area contributed by atoms with Gasteiger partial charge in [-0.2, -0.15) is 0 Å². The number of amides is 1. The highest BCUT2D eigenvalue weighted by atomic mass is 16.5. The normalized spacial score (nSPS) is 21.3. The summed E-state index contributed by atoms with van der Waals surface area (Å²) in [6.07, 6.45) is 1.84. The third-order valence-electron chi connectivity index (χ3n) is 2.69. The standard InChI is InChI=1S/C11H22N2O2/c1-4-11(14)13-6-5-10(9-13)15-8-7-12(2)3/h10H,4-9H2,1-3H3. The van der Waals surface area contributed by atoms with Crippen LogP contribution < -0.4 is 0 Å². The van der Waals surface area contributed by atoms with Gasteiger partial charge in [0.2, 0.25) is 5.91 Å². The molecule has 1 rings (SSSR count). The molecule has 4 nitrogen and oxygen atoms in total. The Bertz CT molecular complexity index is 207. The first kappa shape index (κ1) is 12.5. The van der Waals surface area contributed by atoms with Crippen molar-refractivity contribution in [2.75, 3.05) is 40.3 Å². The second-order valence-corrected chi connectivity index (χ2v) is 4.28. The summed E-state index contributed by atoms with van der Waals surface area (Å²) in [5.41, 5.74) is 0. The molecule has 4 heteroatoms. The van der Waals surface area contributed by atoms with E-state index in [1.54, 1.807) is 0 Å². The largest absolute Gasteiger partial charge is 0.375 e. The maximum Gasteiger partial charge on any atom is 0.222 e. The van der Waals surface area contributed by atoms with E-state index in [0.29, 0.717) is 6.42 Å². The number of likely N-dealkylation sites (tertiary alicyclic amines) is 1. The quantitative estimate of drug-likeness (QED) is 0.671. The van der Waals surface area contributed by atoms with Gasteiger partial charge in [0, 0.05) is 26.1 Å². The van der Waals surface area contributed by atoms with Gasteiger partial charge in [-0.05, 0) is 20.5 Å². The van der Waals surface area contributed by atoms with E-state index in [9.17, 15) is 4.79 Å². The van der Waals surface area contributed by atoms with Gasteiger partial charge in [0.25, 0.3) is 0 Å². The highest BCUT2D eigenvalue weighted by Gasteiger charge is 2.25. The lowest BCUT2D eigenvalue weighted by atomic mass is 10.3. The number of ether oxygens (including phenoxy) is 1. The molecule has 1 heterocycles. The molecule has 1 aliphatic heterocycles. The minimum absolute atomic E-state index is 0.244. The minimum atomic E-state index is 0.244. The van der Waals surface area contributed by atoms with Crippen molar-refractivity contribution in [2.45, 2.75) is 25.9 Å². The van der Waals surface area contributed by atoms with Crippen LogP contribution in [0.15, 0.2) is 0 Å². The molecule has 0 aliphatic carbocycles. The summed E-state index contributed by atoms with van der Waals surface area (Å²) in [7, 11) is 4.07. The van der Waals surface area contributed by atoms with Crippen LogP contribution in [0.2, 0.25) is 0 Å². The second kappa shape index (κ2) is 6.08. The number of likely N-dealkylation sites (N-methyl/N-ethyl adjacent to an activating group) is 1. The molecule has 0 spiro atoms. The van der Waals surface area contributed by atoms with Crippen LogP contribution >= 0.6 is 0 Å². The monoisotopic (exact) mass is 214 g/mol. The molecule has 1 atom stereocenters. The number of hydrogen-bond acceptors (Lipinski definition) is 3. The third-order valence-corrected chi connectivity index (χ3v) is 2.69. The van der Waals surface area contributed by atoms with E-state index in [1.165, 1.54) is 0 Å². The fourth-order valence-corrected chi connectivity index (χ4v) is 1.72. The van der Waals surface area contributed by atoms with Crippen molar-refractivity contribution >= 4 is 5.91 Å². The molecule has 15 heavy (non-hydrogen) atoms. The molecule has 1 amide bonds. The van der Waals surface area contributed by atoms with Crippen molar-refractivity contribution in [3.63, 3.8) is 0 Å². The van der Waals surface area contributed by atoms with E-state index in [4.69, 9.17) is 4.74 Å². The van der Waals surface area contributed by atoms with E-state index in [-0.39, 0.29) is 12.0 Å². The third kappa shape index (κ3) is 4.18. The SMILES string of the molecule is CCC(=O)N1CCC(OCCN(C)C)C1. The fraction of sp³-hybridized carbons (Fsp3) is 0.909. The van der Waals surface area contributed by atoms with Crippen LogP contribution in [-0.2, 0) is 9.53 Å². The summed E-state index contributed by atoms with van der Waals surface area (Å²) >= 11 is 0. The molecule has 1 saturated heterocycles. The Morgan fingerprint density at radius 2 is 2.27 bits per heavy atom. The predicted octanol–water partition coefficient (Wildman–Crippen LogP) is 0.575. The Balaban J connectivity index is 2.16. The maximum atomic E-state index is 11.4. The first-order valence-electron chi connectivity index (χ1n) is 5.67. The zero-order valence-corrected chi connectivity index (χ0v) is 10.0. The van der Waals surface area contributed by atoms with Gasteiger partial charge in [-0.15, -0.1) is 0 Å². The van der Waals surface area contributed by atoms with Crippen LogP contribution in [0, 0.1) is 0 Å². The first-order valence-corrected chi connectivity index (χ1v) is 5.67. The predicted molar refractivity (Wildman–Crippen MR) is 59.8 cm³/mol. The number of carbonyl (C=O) groups is 1. The van der Waals surface area contributed by atoms with E-state index >= 15 is 0 Å². The van der Waals surface area contributed by atoms with Gasteiger partial charge in [-0.25, -0.2) is 0 Å². The smallest absolute Gasteiger partial charge is 0.222 e. The highest BCUT2D eigenvalue weighted by Crippen LogP contribution is 2.13. The molecule has 0 radical (unpaired) electrons. The maximum absolute atomic E-state index is 11.4. The Morgan fingerprint density at radius 1 is 1.53 bits per heavy atom. The molecular formula is C11H22N2O2. The van der Waals surface area contributed by atoms with Gasteiger partial charge in [-0.1, -0.05) is 6.92 Å². The lowest BCUT2D eigenvalue weighted by molar-refractivity contribution is -0.130. The number of rotatable bonds is 5. The summed E-state index contributed by atoms with van der Waals surface area (Å²) in [6, 6.07) is 0. The number of hydrogen-bond donors (Lipinski definition) is 0. The zero-order valence-electron chi connectivity index (χ0n) is 10.0.